The van der Waals surface area contributed by atoms with Crippen LogP contribution < -0.4 is 0 Å². The maximum atomic E-state index is 12.5. The first-order chi connectivity index (χ1) is 7.27. The van der Waals surface area contributed by atoms with Crippen LogP contribution in [0.4, 0.5) is 13.2 Å². The number of hydrogen-bond acceptors (Lipinski definition) is 1. The summed E-state index contributed by atoms with van der Waals surface area (Å²) < 4.78 is 37.3. The number of halogens is 6. The number of rotatable bonds is 2. The van der Waals surface area contributed by atoms with Gasteiger partial charge in [-0.05, 0) is 12.1 Å². The van der Waals surface area contributed by atoms with E-state index < -0.39 is 16.8 Å². The van der Waals surface area contributed by atoms with Crippen molar-refractivity contribution in [1.29, 1.82) is 0 Å². The zero-order chi connectivity index (χ0) is 12.5. The molecule has 0 bridgehead atoms. The molecule has 1 nitrogen and oxygen atoms in total. The molecule has 0 spiro atoms. The molecule has 16 heavy (non-hydrogen) atoms. The Balaban J connectivity index is 3.34. The third-order valence-corrected chi connectivity index (χ3v) is 3.20. The molecule has 0 aliphatic rings. The second kappa shape index (κ2) is 5.06. The van der Waals surface area contributed by atoms with Crippen LogP contribution in [0.1, 0.15) is 15.9 Å². The summed E-state index contributed by atoms with van der Waals surface area (Å²) in [5.74, 6) is -0.337. The fourth-order valence-electron chi connectivity index (χ4n) is 1.08. The molecule has 1 rings (SSSR count). The highest BCUT2D eigenvalue weighted by atomic mass is 79.9. The number of Topliss-reactive ketones (excluding diaryl/α,β-unsaturated/α-hetero) is 1. The molecule has 0 N–H and O–H groups in total. The van der Waals surface area contributed by atoms with E-state index in [1.165, 1.54) is 0 Å². The topological polar surface area (TPSA) is 17.1 Å². The molecule has 0 unspecified atom stereocenters. The summed E-state index contributed by atoms with van der Waals surface area (Å²) in [7, 11) is 0. The highest BCUT2D eigenvalue weighted by Crippen LogP contribution is 2.40. The van der Waals surface area contributed by atoms with Crippen molar-refractivity contribution in [2.75, 3.05) is 5.33 Å². The number of alkyl halides is 4. The Hall–Kier alpha value is -0.0700. The Labute approximate surface area is 111 Å². The van der Waals surface area contributed by atoms with E-state index in [-0.39, 0.29) is 21.1 Å². The van der Waals surface area contributed by atoms with E-state index in [1.54, 1.807) is 0 Å². The molecule has 1 aromatic carbocycles. The molecule has 1 aromatic rings. The molecule has 7 heteroatoms. The van der Waals surface area contributed by atoms with Gasteiger partial charge in [0.15, 0.2) is 5.78 Å². The summed E-state index contributed by atoms with van der Waals surface area (Å²) in [6.07, 6.45) is -4.55. The number of carbonyl (C=O) groups is 1. The minimum atomic E-state index is -4.55. The molecule has 0 atom stereocenters. The van der Waals surface area contributed by atoms with Gasteiger partial charge in [0.25, 0.3) is 0 Å². The smallest absolute Gasteiger partial charge is 0.293 e. The van der Waals surface area contributed by atoms with Crippen molar-refractivity contribution in [3.63, 3.8) is 0 Å². The van der Waals surface area contributed by atoms with Crippen LogP contribution in [0.3, 0.4) is 0 Å². The van der Waals surface area contributed by atoms with Crippen molar-refractivity contribution < 1.29 is 18.0 Å². The van der Waals surface area contributed by atoms with E-state index in [2.05, 4.69) is 31.9 Å². The SMILES string of the molecule is O=C(CBr)c1cc(Cl)c(C(F)(F)F)c(Br)c1. The van der Waals surface area contributed by atoms with Crippen molar-refractivity contribution in [1.82, 2.24) is 0 Å². The molecule has 0 saturated carbocycles. The molecular formula is C9H4Br2ClF3O. The van der Waals surface area contributed by atoms with Crippen LogP contribution in [0.25, 0.3) is 0 Å². The van der Waals surface area contributed by atoms with Gasteiger partial charge in [-0.3, -0.25) is 4.79 Å². The van der Waals surface area contributed by atoms with Gasteiger partial charge in [0.05, 0.1) is 15.9 Å². The summed E-state index contributed by atoms with van der Waals surface area (Å²) in [5.41, 5.74) is -0.845. The monoisotopic (exact) mass is 378 g/mol. The van der Waals surface area contributed by atoms with Gasteiger partial charge in [-0.15, -0.1) is 0 Å². The molecule has 0 aromatic heterocycles. The minimum absolute atomic E-state index is 0.0289. The second-order valence-corrected chi connectivity index (χ2v) is 4.69. The zero-order valence-corrected chi connectivity index (χ0v) is 11.5. The van der Waals surface area contributed by atoms with Gasteiger partial charge in [0.1, 0.15) is 0 Å². The van der Waals surface area contributed by atoms with E-state index in [0.29, 0.717) is 0 Å². The van der Waals surface area contributed by atoms with Gasteiger partial charge in [-0.1, -0.05) is 43.5 Å². The maximum Gasteiger partial charge on any atom is 0.418 e. The van der Waals surface area contributed by atoms with Crippen molar-refractivity contribution in [3.8, 4) is 0 Å². The first-order valence-corrected chi connectivity index (χ1v) is 6.22. The third-order valence-electron chi connectivity index (χ3n) is 1.77. The van der Waals surface area contributed by atoms with Crippen molar-refractivity contribution in [3.05, 3.63) is 32.8 Å². The van der Waals surface area contributed by atoms with Gasteiger partial charge >= 0.3 is 6.18 Å². The number of benzene rings is 1. The molecule has 0 fully saturated rings. The van der Waals surface area contributed by atoms with Crippen molar-refractivity contribution in [2.24, 2.45) is 0 Å². The maximum absolute atomic E-state index is 12.5. The Morgan fingerprint density at radius 1 is 1.38 bits per heavy atom. The highest BCUT2D eigenvalue weighted by molar-refractivity contribution is 9.10. The van der Waals surface area contributed by atoms with Gasteiger partial charge in [0, 0.05) is 10.0 Å². The number of ketones is 1. The van der Waals surface area contributed by atoms with Gasteiger partial charge < -0.3 is 0 Å². The molecule has 0 saturated heterocycles. The van der Waals surface area contributed by atoms with Crippen LogP contribution in [0, 0.1) is 0 Å². The number of hydrogen-bond donors (Lipinski definition) is 0. The van der Waals surface area contributed by atoms with Crippen LogP contribution in [0.15, 0.2) is 16.6 Å². The Morgan fingerprint density at radius 2 is 1.94 bits per heavy atom. The van der Waals surface area contributed by atoms with E-state index in [0.717, 1.165) is 12.1 Å². The van der Waals surface area contributed by atoms with E-state index in [1.807, 2.05) is 0 Å². The van der Waals surface area contributed by atoms with Crippen LogP contribution in [0.2, 0.25) is 5.02 Å². The van der Waals surface area contributed by atoms with E-state index >= 15 is 0 Å². The summed E-state index contributed by atoms with van der Waals surface area (Å²) in [5, 5.41) is -0.465. The normalized spacial score (nSPS) is 11.6. The second-order valence-electron chi connectivity index (χ2n) is 2.87. The lowest BCUT2D eigenvalue weighted by Crippen LogP contribution is -2.09. The summed E-state index contributed by atoms with van der Waals surface area (Å²) in [4.78, 5) is 11.3. The Morgan fingerprint density at radius 3 is 2.31 bits per heavy atom. The predicted octanol–water partition coefficient (Wildman–Crippen LogP) is 4.70. The summed E-state index contributed by atoms with van der Waals surface area (Å²) >= 11 is 11.2. The van der Waals surface area contributed by atoms with Crippen LogP contribution in [-0.2, 0) is 6.18 Å². The first-order valence-electron chi connectivity index (χ1n) is 3.92. The van der Waals surface area contributed by atoms with Crippen LogP contribution >= 0.6 is 43.5 Å². The molecule has 0 aliphatic heterocycles. The lowest BCUT2D eigenvalue weighted by Gasteiger charge is -2.12. The molecular weight excluding hydrogens is 376 g/mol. The molecule has 0 heterocycles. The van der Waals surface area contributed by atoms with Gasteiger partial charge in [-0.25, -0.2) is 0 Å². The predicted molar refractivity (Wildman–Crippen MR) is 62.3 cm³/mol. The highest BCUT2D eigenvalue weighted by Gasteiger charge is 2.36. The lowest BCUT2D eigenvalue weighted by atomic mass is 10.1. The summed E-state index contributed by atoms with van der Waals surface area (Å²) in [6.45, 7) is 0. The molecule has 0 radical (unpaired) electrons. The first kappa shape index (κ1) is 14.0. The van der Waals surface area contributed by atoms with E-state index in [9.17, 15) is 18.0 Å². The fourth-order valence-corrected chi connectivity index (χ4v) is 2.53. The van der Waals surface area contributed by atoms with E-state index in [4.69, 9.17) is 11.6 Å². The average molecular weight is 380 g/mol. The molecule has 0 aliphatic carbocycles. The van der Waals surface area contributed by atoms with Crippen LogP contribution in [0.5, 0.6) is 0 Å². The van der Waals surface area contributed by atoms with Crippen molar-refractivity contribution in [2.45, 2.75) is 6.18 Å². The number of carbonyl (C=O) groups excluding carboxylic acids is 1. The van der Waals surface area contributed by atoms with Gasteiger partial charge in [0.2, 0.25) is 0 Å². The quantitative estimate of drug-likeness (QED) is 0.537. The summed E-state index contributed by atoms with van der Waals surface area (Å²) in [6, 6.07) is 2.12. The average Bonchev–Trinajstić information content (AvgIpc) is 2.13. The van der Waals surface area contributed by atoms with Crippen molar-refractivity contribution >= 4 is 49.2 Å². The lowest BCUT2D eigenvalue weighted by molar-refractivity contribution is -0.138. The Bertz CT molecular complexity index is 408. The Kier molecular flexibility index (Phi) is 4.42. The standard InChI is InChI=1S/C9H4Br2ClF3O/c10-3-7(16)4-1-5(11)8(6(12)2-4)9(13,14)15/h1-2H,3H2. The van der Waals surface area contributed by atoms with Crippen LogP contribution in [-0.4, -0.2) is 11.1 Å². The third kappa shape index (κ3) is 2.99. The largest absolute Gasteiger partial charge is 0.418 e. The fraction of sp³-hybridized carbons (Fsp3) is 0.222. The zero-order valence-electron chi connectivity index (χ0n) is 7.54. The molecule has 88 valence electrons. The molecule has 0 amide bonds. The van der Waals surface area contributed by atoms with Gasteiger partial charge in [-0.2, -0.15) is 13.2 Å². The minimum Gasteiger partial charge on any atom is -0.293 e.